The van der Waals surface area contributed by atoms with Crippen molar-refractivity contribution in [3.05, 3.63) is 41.5 Å². The number of benzene rings is 1. The maximum atomic E-state index is 13.8. The zero-order valence-electron chi connectivity index (χ0n) is 13.2. The molecule has 0 saturated heterocycles. The van der Waals surface area contributed by atoms with Crippen LogP contribution in [-0.4, -0.2) is 6.61 Å². The maximum absolute atomic E-state index is 13.8. The summed E-state index contributed by atoms with van der Waals surface area (Å²) in [5.74, 6) is -2.54. The van der Waals surface area contributed by atoms with Crippen molar-refractivity contribution in [1.29, 1.82) is 0 Å². The number of alkyl halides is 2. The number of ether oxygens (including phenoxy) is 1. The minimum atomic E-state index is -3.24. The molecule has 1 aromatic rings. The summed E-state index contributed by atoms with van der Waals surface area (Å²) in [6.45, 7) is -1.11. The lowest BCUT2D eigenvalue weighted by atomic mass is 9.78. The number of allylic oxidation sites excluding steroid dienone is 2. The third-order valence-corrected chi connectivity index (χ3v) is 4.33. The van der Waals surface area contributed by atoms with Crippen LogP contribution in [0.5, 0.6) is 5.75 Å². The Morgan fingerprint density at radius 2 is 1.74 bits per heavy atom. The van der Waals surface area contributed by atoms with Gasteiger partial charge in [0, 0.05) is 0 Å². The van der Waals surface area contributed by atoms with Gasteiger partial charge in [0.1, 0.15) is 0 Å². The predicted octanol–water partition coefficient (Wildman–Crippen LogP) is 6.20. The molecule has 2 rings (SSSR count). The molecule has 0 aromatic heterocycles. The molecule has 1 fully saturated rings. The number of halogens is 4. The Hall–Kier alpha value is -1.52. The quantitative estimate of drug-likeness (QED) is 0.446. The largest absolute Gasteiger partial charge is 0.429 e. The second-order valence-electron chi connectivity index (χ2n) is 6.02. The topological polar surface area (TPSA) is 9.23 Å². The molecule has 5 heteroatoms. The molecule has 0 unspecified atom stereocenters. The van der Waals surface area contributed by atoms with E-state index in [0.29, 0.717) is 11.5 Å². The molecule has 1 aliphatic carbocycles. The molecule has 0 bridgehead atoms. The first-order valence-electron chi connectivity index (χ1n) is 8.11. The van der Waals surface area contributed by atoms with Crippen molar-refractivity contribution >= 4 is 0 Å². The zero-order valence-corrected chi connectivity index (χ0v) is 13.2. The predicted molar refractivity (Wildman–Crippen MR) is 81.7 cm³/mol. The van der Waals surface area contributed by atoms with E-state index in [4.69, 9.17) is 0 Å². The third-order valence-electron chi connectivity index (χ3n) is 4.33. The van der Waals surface area contributed by atoms with E-state index in [9.17, 15) is 17.6 Å². The van der Waals surface area contributed by atoms with Crippen LogP contribution in [0.2, 0.25) is 0 Å². The first-order chi connectivity index (χ1) is 11.0. The summed E-state index contributed by atoms with van der Waals surface area (Å²) in [5.41, 5.74) is 0.526. The highest BCUT2D eigenvalue weighted by Crippen LogP contribution is 2.38. The summed E-state index contributed by atoms with van der Waals surface area (Å²) in [6, 6.07) is 2.25. The second-order valence-corrected chi connectivity index (χ2v) is 6.02. The molecule has 0 atom stereocenters. The fourth-order valence-electron chi connectivity index (χ4n) is 3.12. The highest BCUT2D eigenvalue weighted by molar-refractivity contribution is 5.33. The van der Waals surface area contributed by atoms with Crippen LogP contribution in [0.4, 0.5) is 17.6 Å². The van der Waals surface area contributed by atoms with Gasteiger partial charge in [-0.3, -0.25) is 0 Å². The van der Waals surface area contributed by atoms with Gasteiger partial charge in [0.25, 0.3) is 0 Å². The highest BCUT2D eigenvalue weighted by Gasteiger charge is 2.24. The van der Waals surface area contributed by atoms with Crippen LogP contribution in [0.15, 0.2) is 24.3 Å². The minimum Gasteiger partial charge on any atom is -0.429 e. The molecule has 23 heavy (non-hydrogen) atoms. The van der Waals surface area contributed by atoms with Gasteiger partial charge >= 0.3 is 6.61 Å². The Kier molecular flexibility index (Phi) is 6.48. The van der Waals surface area contributed by atoms with Gasteiger partial charge in [-0.05, 0) is 61.6 Å². The Morgan fingerprint density at radius 1 is 1.13 bits per heavy atom. The zero-order chi connectivity index (χ0) is 16.8. The molecule has 1 aromatic carbocycles. The molecule has 128 valence electrons. The summed E-state index contributed by atoms with van der Waals surface area (Å²) in [7, 11) is 0. The average Bonchev–Trinajstić information content (AvgIpc) is 2.51. The van der Waals surface area contributed by atoms with Crippen molar-refractivity contribution in [2.24, 2.45) is 5.92 Å². The molecule has 1 saturated carbocycles. The summed E-state index contributed by atoms with van der Waals surface area (Å²) in [6.07, 6.45) is 10.3. The molecule has 0 spiro atoms. The van der Waals surface area contributed by atoms with E-state index in [0.717, 1.165) is 50.7 Å². The molecule has 0 heterocycles. The Labute approximate surface area is 134 Å². The van der Waals surface area contributed by atoms with Crippen LogP contribution < -0.4 is 4.74 Å². The van der Waals surface area contributed by atoms with E-state index in [1.165, 1.54) is 0 Å². The van der Waals surface area contributed by atoms with Crippen LogP contribution in [-0.2, 0) is 0 Å². The summed E-state index contributed by atoms with van der Waals surface area (Å²) >= 11 is 0. The van der Waals surface area contributed by atoms with E-state index in [-0.39, 0.29) is 5.92 Å². The number of rotatable bonds is 6. The van der Waals surface area contributed by atoms with Crippen LogP contribution in [0.25, 0.3) is 0 Å². The van der Waals surface area contributed by atoms with Gasteiger partial charge in [-0.2, -0.15) is 8.78 Å². The summed E-state index contributed by atoms with van der Waals surface area (Å²) in [5, 5.41) is 0. The first kappa shape index (κ1) is 17.8. The fraction of sp³-hybridized carbons (Fsp3) is 0.556. The fourth-order valence-corrected chi connectivity index (χ4v) is 3.12. The number of hydrogen-bond acceptors (Lipinski definition) is 1. The molecule has 0 amide bonds. The molecule has 0 N–H and O–H groups in total. The van der Waals surface area contributed by atoms with E-state index < -0.39 is 24.0 Å². The van der Waals surface area contributed by atoms with Crippen molar-refractivity contribution in [2.75, 3.05) is 0 Å². The molecular weight excluding hydrogens is 308 g/mol. The molecule has 0 radical (unpaired) electrons. The SMILES string of the molecule is CCC/C=C/[C@H]1CC[C@H](c2cc(F)c(OC(F)F)c(F)c2)CC1. The highest BCUT2D eigenvalue weighted by atomic mass is 19.3. The monoisotopic (exact) mass is 330 g/mol. The summed E-state index contributed by atoms with van der Waals surface area (Å²) in [4.78, 5) is 0. The van der Waals surface area contributed by atoms with Gasteiger partial charge in [0.2, 0.25) is 0 Å². The summed E-state index contributed by atoms with van der Waals surface area (Å²) < 4.78 is 55.8. The molecule has 0 aliphatic heterocycles. The van der Waals surface area contributed by atoms with E-state index >= 15 is 0 Å². The molecule has 1 aliphatic rings. The van der Waals surface area contributed by atoms with Crippen molar-refractivity contribution < 1.29 is 22.3 Å². The maximum Gasteiger partial charge on any atom is 0.387 e. The van der Waals surface area contributed by atoms with E-state index in [1.807, 2.05) is 0 Å². The normalized spacial score (nSPS) is 22.0. The molecule has 1 nitrogen and oxygen atoms in total. The lowest BCUT2D eigenvalue weighted by Crippen LogP contribution is -2.13. The smallest absolute Gasteiger partial charge is 0.387 e. The Bertz CT molecular complexity index is 511. The molecular formula is C18H22F4O. The van der Waals surface area contributed by atoms with Crippen LogP contribution in [0, 0.1) is 17.6 Å². The third kappa shape index (κ3) is 4.98. The Morgan fingerprint density at radius 3 is 2.26 bits per heavy atom. The van der Waals surface area contributed by atoms with Gasteiger partial charge in [-0.15, -0.1) is 0 Å². The van der Waals surface area contributed by atoms with Crippen LogP contribution in [0.1, 0.15) is 56.9 Å². The van der Waals surface area contributed by atoms with Gasteiger partial charge in [-0.25, -0.2) is 8.78 Å². The average molecular weight is 330 g/mol. The first-order valence-corrected chi connectivity index (χ1v) is 8.11. The number of hydrogen-bond donors (Lipinski definition) is 0. The van der Waals surface area contributed by atoms with Crippen molar-refractivity contribution in [2.45, 2.75) is 58.0 Å². The van der Waals surface area contributed by atoms with Gasteiger partial charge in [0.15, 0.2) is 17.4 Å². The van der Waals surface area contributed by atoms with Gasteiger partial charge in [0.05, 0.1) is 0 Å². The van der Waals surface area contributed by atoms with Crippen molar-refractivity contribution in [1.82, 2.24) is 0 Å². The second kappa shape index (κ2) is 8.37. The van der Waals surface area contributed by atoms with E-state index in [2.05, 4.69) is 23.8 Å². The Balaban J connectivity index is 2.01. The standard InChI is InChI=1S/C18H22F4O/c1-2-3-4-5-12-6-8-13(9-7-12)14-10-15(19)17(16(20)11-14)23-18(21)22/h4-5,10-13,18H,2-3,6-9H2,1H3/b5-4+/t12-,13-. The van der Waals surface area contributed by atoms with Crippen LogP contribution >= 0.6 is 0 Å². The van der Waals surface area contributed by atoms with Gasteiger partial charge in [-0.1, -0.05) is 25.5 Å². The van der Waals surface area contributed by atoms with Gasteiger partial charge < -0.3 is 4.74 Å². The van der Waals surface area contributed by atoms with Crippen LogP contribution in [0.3, 0.4) is 0 Å². The van der Waals surface area contributed by atoms with Crippen molar-refractivity contribution in [3.63, 3.8) is 0 Å². The number of unbranched alkanes of at least 4 members (excludes halogenated alkanes) is 1. The van der Waals surface area contributed by atoms with Crippen molar-refractivity contribution in [3.8, 4) is 5.75 Å². The van der Waals surface area contributed by atoms with E-state index in [1.54, 1.807) is 0 Å². The lowest BCUT2D eigenvalue weighted by Gasteiger charge is -2.27. The lowest BCUT2D eigenvalue weighted by molar-refractivity contribution is -0.0546. The minimum absolute atomic E-state index is 0.0652.